The van der Waals surface area contributed by atoms with Crippen molar-refractivity contribution in [1.29, 1.82) is 0 Å². The van der Waals surface area contributed by atoms with Crippen molar-refractivity contribution >= 4 is 67.4 Å². The van der Waals surface area contributed by atoms with E-state index < -0.39 is 0 Å². The van der Waals surface area contributed by atoms with Crippen LogP contribution in [-0.2, 0) is 51.0 Å². The molecule has 3 heterocycles. The van der Waals surface area contributed by atoms with E-state index in [2.05, 4.69) is 62.0 Å². The molecular formula is C64H72N4O11S. The average molecular weight is 1110 g/mol. The number of hydrazone groups is 1. The molecule has 0 radical (unpaired) electrons. The van der Waals surface area contributed by atoms with Gasteiger partial charge in [-0.2, -0.15) is 5.10 Å². The monoisotopic (exact) mass is 1100 g/mol. The molecule has 0 spiro atoms. The van der Waals surface area contributed by atoms with Gasteiger partial charge in [0.1, 0.15) is 30.0 Å². The van der Waals surface area contributed by atoms with Crippen LogP contribution in [0.3, 0.4) is 0 Å². The predicted molar refractivity (Wildman–Crippen MR) is 312 cm³/mol. The van der Waals surface area contributed by atoms with E-state index in [9.17, 15) is 19.2 Å². The number of epoxide rings is 1. The summed E-state index contributed by atoms with van der Waals surface area (Å²) in [6.07, 6.45) is 12.9. The molecule has 2 fully saturated rings. The molecule has 16 heteroatoms. The van der Waals surface area contributed by atoms with Gasteiger partial charge in [0, 0.05) is 49.4 Å². The van der Waals surface area contributed by atoms with Gasteiger partial charge in [0.2, 0.25) is 5.13 Å². The maximum atomic E-state index is 14.0. The van der Waals surface area contributed by atoms with Crippen molar-refractivity contribution in [3.05, 3.63) is 138 Å². The fourth-order valence-electron chi connectivity index (χ4n) is 9.85. The molecule has 1 unspecified atom stereocenters. The van der Waals surface area contributed by atoms with Crippen LogP contribution in [0.15, 0.2) is 120 Å². The van der Waals surface area contributed by atoms with Crippen LogP contribution in [0.1, 0.15) is 93.9 Å². The van der Waals surface area contributed by atoms with Crippen LogP contribution in [-0.4, -0.2) is 111 Å². The second kappa shape index (κ2) is 28.3. The first-order valence-electron chi connectivity index (χ1n) is 28.1. The second-order valence-electron chi connectivity index (χ2n) is 20.8. The van der Waals surface area contributed by atoms with Crippen LogP contribution >= 0.6 is 11.3 Å². The Hall–Kier alpha value is -7.24. The first-order chi connectivity index (χ1) is 39.0. The number of thiazole rings is 1. The third-order valence-corrected chi connectivity index (χ3v) is 15.4. The minimum absolute atomic E-state index is 0.145. The van der Waals surface area contributed by atoms with Gasteiger partial charge in [-0.1, -0.05) is 73.7 Å². The number of esters is 2. The summed E-state index contributed by atoms with van der Waals surface area (Å²) in [5.74, 6) is 1.10. The van der Waals surface area contributed by atoms with E-state index >= 15 is 0 Å². The SMILES string of the molecule is C=C(C)C(=O)OCCOC1CCC(COc2ccc3cc(-c4cc(/C=N/N(CCCCOCC5CO5)c5nc6ccccc6s5)c(OC(=O)CCc5ccc(OCCCN6C(=O)C=CC6=O)c(C)c5)c(CCC)c4)ccc3c2)CC1. The molecule has 80 heavy (non-hydrogen) atoms. The van der Waals surface area contributed by atoms with Gasteiger partial charge in [-0.3, -0.25) is 19.3 Å². The lowest BCUT2D eigenvalue weighted by Crippen LogP contribution is -2.31. The van der Waals surface area contributed by atoms with Crippen LogP contribution < -0.4 is 19.2 Å². The van der Waals surface area contributed by atoms with Crippen molar-refractivity contribution in [1.82, 2.24) is 9.88 Å². The third-order valence-electron chi connectivity index (χ3n) is 14.4. The minimum Gasteiger partial charge on any atom is -0.493 e. The molecule has 1 saturated carbocycles. The highest BCUT2D eigenvalue weighted by Gasteiger charge is 2.25. The van der Waals surface area contributed by atoms with E-state index in [1.165, 1.54) is 17.1 Å². The van der Waals surface area contributed by atoms with Gasteiger partial charge < -0.3 is 33.2 Å². The number of unbranched alkanes of at least 4 members (excludes halogenated alkanes) is 1. The molecule has 2 aliphatic heterocycles. The third kappa shape index (κ3) is 16.2. The summed E-state index contributed by atoms with van der Waals surface area (Å²) >= 11 is 1.59. The number of aromatic nitrogens is 1. The number of para-hydroxylation sites is 1. The van der Waals surface area contributed by atoms with E-state index in [-0.39, 0.29) is 55.5 Å². The summed E-state index contributed by atoms with van der Waals surface area (Å²) in [7, 11) is 0. The van der Waals surface area contributed by atoms with Gasteiger partial charge in [-0.25, -0.2) is 14.8 Å². The molecule has 2 amide bonds. The predicted octanol–water partition coefficient (Wildman–Crippen LogP) is 11.7. The van der Waals surface area contributed by atoms with Crippen LogP contribution in [0.4, 0.5) is 5.13 Å². The lowest BCUT2D eigenvalue weighted by Gasteiger charge is -2.28. The smallest absolute Gasteiger partial charge is 0.333 e. The lowest BCUT2D eigenvalue weighted by molar-refractivity contribution is -0.141. The molecule has 420 valence electrons. The van der Waals surface area contributed by atoms with E-state index in [4.69, 9.17) is 43.2 Å². The fraction of sp³-hybridized carbons (Fsp3) is 0.406. The molecule has 1 aromatic heterocycles. The summed E-state index contributed by atoms with van der Waals surface area (Å²) in [6, 6.07) is 30.8. The summed E-state index contributed by atoms with van der Waals surface area (Å²) < 4.78 is 42.2. The van der Waals surface area contributed by atoms with Gasteiger partial charge in [0.25, 0.3) is 11.8 Å². The second-order valence-corrected chi connectivity index (χ2v) is 21.8. The highest BCUT2D eigenvalue weighted by molar-refractivity contribution is 7.22. The minimum atomic E-state index is -0.390. The number of hydrogen-bond donors (Lipinski definition) is 0. The Bertz CT molecular complexity index is 3160. The number of ether oxygens (including phenoxy) is 7. The number of anilines is 1. The molecule has 1 atom stereocenters. The highest BCUT2D eigenvalue weighted by atomic mass is 32.1. The zero-order chi connectivity index (χ0) is 55.8. The van der Waals surface area contributed by atoms with Crippen LogP contribution in [0, 0.1) is 12.8 Å². The molecule has 5 aromatic carbocycles. The van der Waals surface area contributed by atoms with Crippen molar-refractivity contribution in [2.45, 2.75) is 104 Å². The maximum absolute atomic E-state index is 14.0. The Balaban J connectivity index is 0.902. The number of hydrogen-bond acceptors (Lipinski definition) is 15. The number of aryl methyl sites for hydroxylation is 3. The zero-order valence-electron chi connectivity index (χ0n) is 46.2. The van der Waals surface area contributed by atoms with Crippen molar-refractivity contribution < 1.29 is 52.3 Å². The zero-order valence-corrected chi connectivity index (χ0v) is 47.0. The Morgan fingerprint density at radius 2 is 1.65 bits per heavy atom. The number of carbonyl (C=O) groups excluding carboxylic acids is 4. The van der Waals surface area contributed by atoms with Gasteiger partial charge in [0.05, 0.1) is 55.6 Å². The van der Waals surface area contributed by atoms with Crippen LogP contribution in [0.5, 0.6) is 17.2 Å². The molecule has 3 aliphatic rings. The van der Waals surface area contributed by atoms with E-state index in [0.717, 1.165) is 111 Å². The number of nitrogens with zero attached hydrogens (tertiary/aromatic N) is 4. The van der Waals surface area contributed by atoms with Crippen LogP contribution in [0.25, 0.3) is 32.1 Å². The maximum Gasteiger partial charge on any atom is 0.333 e. The largest absolute Gasteiger partial charge is 0.493 e. The van der Waals surface area contributed by atoms with E-state index in [1.807, 2.05) is 60.6 Å². The van der Waals surface area contributed by atoms with Crippen molar-refractivity contribution in [2.75, 3.05) is 64.3 Å². The number of benzene rings is 5. The number of carbonyl (C=O) groups is 4. The lowest BCUT2D eigenvalue weighted by atomic mass is 9.88. The molecule has 15 nitrogen and oxygen atoms in total. The molecular weight excluding hydrogens is 1030 g/mol. The summed E-state index contributed by atoms with van der Waals surface area (Å²) in [5.41, 5.74) is 6.74. The topological polar surface area (TPSA) is 168 Å². The van der Waals surface area contributed by atoms with E-state index in [1.54, 1.807) is 18.3 Å². The molecule has 6 aromatic rings. The van der Waals surface area contributed by atoms with Gasteiger partial charge >= 0.3 is 11.9 Å². The molecule has 9 rings (SSSR count). The van der Waals surface area contributed by atoms with Gasteiger partial charge in [-0.05, 0) is 165 Å². The Kier molecular flexibility index (Phi) is 20.3. The van der Waals surface area contributed by atoms with Gasteiger partial charge in [-0.15, -0.1) is 0 Å². The summed E-state index contributed by atoms with van der Waals surface area (Å²) in [4.78, 5) is 55.8. The Morgan fingerprint density at radius 1 is 0.850 bits per heavy atom. The average Bonchev–Trinajstić information content (AvgIpc) is 4.12. The summed E-state index contributed by atoms with van der Waals surface area (Å²) in [5, 5.41) is 9.99. The summed E-state index contributed by atoms with van der Waals surface area (Å²) in [6.45, 7) is 13.8. The van der Waals surface area contributed by atoms with Gasteiger partial charge in [0.15, 0.2) is 0 Å². The van der Waals surface area contributed by atoms with E-state index in [0.29, 0.717) is 87.4 Å². The van der Waals surface area contributed by atoms with Crippen LogP contribution in [0.2, 0.25) is 0 Å². The van der Waals surface area contributed by atoms with Crippen molar-refractivity contribution in [2.24, 2.45) is 11.0 Å². The van der Waals surface area contributed by atoms with Crippen molar-refractivity contribution in [3.63, 3.8) is 0 Å². The first-order valence-corrected chi connectivity index (χ1v) is 28.9. The highest BCUT2D eigenvalue weighted by Crippen LogP contribution is 2.36. The number of imide groups is 1. The number of fused-ring (bicyclic) bond motifs is 2. The Labute approximate surface area is 472 Å². The fourth-order valence-corrected chi connectivity index (χ4v) is 10.8. The molecule has 1 aliphatic carbocycles. The Morgan fingerprint density at radius 3 is 2.42 bits per heavy atom. The molecule has 0 N–H and O–H groups in total. The number of amides is 2. The normalized spacial score (nSPS) is 16.9. The van der Waals surface area contributed by atoms with Crippen molar-refractivity contribution in [3.8, 4) is 28.4 Å². The molecule has 1 saturated heterocycles. The number of rotatable bonds is 30. The standard InChI is InChI=1S/C64H72N4O11S/c1-5-11-50-36-51(48-18-19-49-38-54(23-20-47(49)35-48)77-40-46-14-21-53(22-15-46)74-32-33-76-63(72)43(2)3)37-52(39-65-68(29-8-9-30-73-41-55-42-78-55)64-66-56-12-6-7-13-58(56)80-64)62(50)79-61(71)27-17-45-16-24-57(44(4)34-45)75-31-10-28-67-59(69)25-26-60(67)70/h6-7,12-13,16,18-20,23-26,34-39,46,53,55H,2,5,8-11,14-15,17,21-22,27-33,40-42H2,1,3-4H3/b65-39+. The molecule has 0 bridgehead atoms. The quantitative estimate of drug-likeness (QED) is 0.00611. The first kappa shape index (κ1) is 57.4.